The molecule has 1 aliphatic rings. The molecule has 2 rings (SSSR count). The number of amides is 1. The van der Waals surface area contributed by atoms with Crippen LogP contribution in [0.4, 0.5) is 10.6 Å². The summed E-state index contributed by atoms with van der Waals surface area (Å²) in [6.07, 6.45) is 3.80. The minimum atomic E-state index is -1.13. The van der Waals surface area contributed by atoms with Crippen LogP contribution in [0.15, 0.2) is 0 Å². The summed E-state index contributed by atoms with van der Waals surface area (Å²) in [5.74, 6) is 1.33. The molecule has 1 aromatic rings. The molecule has 0 fully saturated rings. The third-order valence-electron chi connectivity index (χ3n) is 5.61. The van der Waals surface area contributed by atoms with Gasteiger partial charge in [-0.1, -0.05) is 6.92 Å². The van der Waals surface area contributed by atoms with Gasteiger partial charge in [0.05, 0.1) is 22.6 Å². The first-order valence-electron chi connectivity index (χ1n) is 8.95. The van der Waals surface area contributed by atoms with Crippen molar-refractivity contribution in [3.63, 3.8) is 0 Å². The van der Waals surface area contributed by atoms with Crippen molar-refractivity contribution >= 4 is 27.8 Å². The Hall–Kier alpha value is -1.54. The Morgan fingerprint density at radius 2 is 1.96 bits per heavy atom. The van der Waals surface area contributed by atoms with Gasteiger partial charge in [0.25, 0.3) is 0 Å². The van der Waals surface area contributed by atoms with Crippen LogP contribution >= 0.6 is 10.0 Å². The van der Waals surface area contributed by atoms with Crippen molar-refractivity contribution in [2.24, 2.45) is 0 Å². The Bertz CT molecular complexity index is 722. The normalized spacial score (nSPS) is 16.9. The van der Waals surface area contributed by atoms with Crippen LogP contribution in [0, 0.1) is 0 Å². The van der Waals surface area contributed by atoms with Crippen LogP contribution in [0.2, 0.25) is 0 Å². The molecule has 0 saturated carbocycles. The standard InChI is InChI=1S/C18H32N4O3S/c1-9-25-16(24)22-13-12(11-19-17(13,3)4)14(21-22)20-15(23)18(5,6)26(7,8)10-2/h19H,9-11H2,1-8H3,(H,20,21,23). The summed E-state index contributed by atoms with van der Waals surface area (Å²) in [4.78, 5) is 25.4. The molecule has 0 unspecified atom stereocenters. The third kappa shape index (κ3) is 3.36. The van der Waals surface area contributed by atoms with Gasteiger partial charge in [0.15, 0.2) is 5.82 Å². The maximum atomic E-state index is 13.0. The van der Waals surface area contributed by atoms with Crippen molar-refractivity contribution in [1.29, 1.82) is 0 Å². The Labute approximate surface area is 157 Å². The SMILES string of the molecule is CCOC(=O)n1nc(NC(=O)C(C)(C)S(C)(C)CC)c2c1C(C)(C)NC2. The molecular formula is C18H32N4O3S. The molecule has 2 N–H and O–H groups in total. The van der Waals surface area contributed by atoms with E-state index in [1.54, 1.807) is 6.92 Å². The van der Waals surface area contributed by atoms with E-state index in [1.165, 1.54) is 4.68 Å². The quantitative estimate of drug-likeness (QED) is 0.815. The van der Waals surface area contributed by atoms with E-state index >= 15 is 0 Å². The topological polar surface area (TPSA) is 85.2 Å². The number of nitrogens with one attached hydrogen (secondary N) is 2. The number of fused-ring (bicyclic) bond motifs is 1. The molecule has 0 bridgehead atoms. The minimum Gasteiger partial charge on any atom is -0.448 e. The maximum absolute atomic E-state index is 13.0. The zero-order valence-electron chi connectivity index (χ0n) is 17.1. The summed E-state index contributed by atoms with van der Waals surface area (Å²) >= 11 is 0. The monoisotopic (exact) mass is 384 g/mol. The molecule has 0 aliphatic carbocycles. The van der Waals surface area contributed by atoms with Gasteiger partial charge in [-0.05, 0) is 52.9 Å². The van der Waals surface area contributed by atoms with E-state index in [0.717, 1.165) is 17.0 Å². The van der Waals surface area contributed by atoms with Crippen LogP contribution in [0.3, 0.4) is 0 Å². The Morgan fingerprint density at radius 3 is 2.50 bits per heavy atom. The van der Waals surface area contributed by atoms with E-state index < -0.39 is 26.4 Å². The van der Waals surface area contributed by atoms with Crippen molar-refractivity contribution in [3.8, 4) is 0 Å². The third-order valence-corrected chi connectivity index (χ3v) is 10.00. The Morgan fingerprint density at radius 1 is 1.35 bits per heavy atom. The molecule has 0 atom stereocenters. The summed E-state index contributed by atoms with van der Waals surface area (Å²) in [5, 5.41) is 10.7. The minimum absolute atomic E-state index is 0.0691. The lowest BCUT2D eigenvalue weighted by molar-refractivity contribution is -0.117. The molecule has 0 saturated heterocycles. The van der Waals surface area contributed by atoms with Crippen molar-refractivity contribution in [3.05, 3.63) is 11.3 Å². The van der Waals surface area contributed by atoms with Crippen LogP contribution in [0.1, 0.15) is 52.8 Å². The van der Waals surface area contributed by atoms with E-state index in [4.69, 9.17) is 4.74 Å². The molecule has 7 nitrogen and oxygen atoms in total. The number of carbonyl (C=O) groups excluding carboxylic acids is 2. The lowest BCUT2D eigenvalue weighted by atomic mass is 10.0. The molecule has 26 heavy (non-hydrogen) atoms. The number of aromatic nitrogens is 2. The van der Waals surface area contributed by atoms with Crippen LogP contribution in [-0.4, -0.2) is 51.4 Å². The highest BCUT2D eigenvalue weighted by atomic mass is 32.3. The number of hydrogen-bond acceptors (Lipinski definition) is 5. The molecule has 0 spiro atoms. The van der Waals surface area contributed by atoms with Gasteiger partial charge in [-0.3, -0.25) is 4.79 Å². The highest BCUT2D eigenvalue weighted by molar-refractivity contribution is 8.34. The lowest BCUT2D eigenvalue weighted by Crippen LogP contribution is -2.42. The number of nitrogens with zero attached hydrogens (tertiary/aromatic N) is 2. The molecule has 2 heterocycles. The largest absolute Gasteiger partial charge is 0.448 e. The fraction of sp³-hybridized carbons (Fsp3) is 0.722. The molecular weight excluding hydrogens is 352 g/mol. The van der Waals surface area contributed by atoms with Gasteiger partial charge < -0.3 is 15.4 Å². The number of anilines is 1. The maximum Gasteiger partial charge on any atom is 0.435 e. The molecule has 0 aromatic carbocycles. The van der Waals surface area contributed by atoms with Crippen molar-refractivity contribution in [2.75, 3.05) is 30.2 Å². The van der Waals surface area contributed by atoms with Crippen molar-refractivity contribution in [1.82, 2.24) is 15.1 Å². The number of rotatable bonds is 5. The predicted molar refractivity (Wildman–Crippen MR) is 107 cm³/mol. The van der Waals surface area contributed by atoms with E-state index in [-0.39, 0.29) is 12.5 Å². The van der Waals surface area contributed by atoms with Crippen LogP contribution < -0.4 is 10.6 Å². The second-order valence-corrected chi connectivity index (χ2v) is 12.7. The number of carbonyl (C=O) groups is 2. The second kappa shape index (κ2) is 6.88. The van der Waals surface area contributed by atoms with Crippen LogP contribution in [0.5, 0.6) is 0 Å². The number of ether oxygens (including phenoxy) is 1. The van der Waals surface area contributed by atoms with Crippen LogP contribution in [-0.2, 0) is 21.6 Å². The van der Waals surface area contributed by atoms with Gasteiger partial charge in [-0.15, -0.1) is 5.10 Å². The van der Waals surface area contributed by atoms with E-state index in [2.05, 4.69) is 35.2 Å². The molecule has 1 aromatic heterocycles. The second-order valence-electron chi connectivity index (χ2n) is 8.06. The average molecular weight is 385 g/mol. The van der Waals surface area contributed by atoms with Gasteiger partial charge >= 0.3 is 6.09 Å². The first-order chi connectivity index (χ1) is 11.9. The average Bonchev–Trinajstić information content (AvgIpc) is 3.06. The van der Waals surface area contributed by atoms with E-state index in [1.807, 2.05) is 27.7 Å². The van der Waals surface area contributed by atoms with Crippen molar-refractivity contribution < 1.29 is 14.3 Å². The predicted octanol–water partition coefficient (Wildman–Crippen LogP) is 3.03. The van der Waals surface area contributed by atoms with Gasteiger partial charge in [0, 0.05) is 12.1 Å². The van der Waals surface area contributed by atoms with Crippen LogP contribution in [0.25, 0.3) is 0 Å². The highest BCUT2D eigenvalue weighted by Crippen LogP contribution is 2.53. The Balaban J connectivity index is 2.42. The van der Waals surface area contributed by atoms with Crippen molar-refractivity contribution in [2.45, 2.75) is 58.4 Å². The van der Waals surface area contributed by atoms with Gasteiger partial charge in [0.1, 0.15) is 0 Å². The molecule has 1 amide bonds. The number of hydrogen-bond donors (Lipinski definition) is 2. The molecule has 0 radical (unpaired) electrons. The zero-order valence-corrected chi connectivity index (χ0v) is 18.0. The summed E-state index contributed by atoms with van der Waals surface area (Å²) < 4.78 is 5.90. The first kappa shape index (κ1) is 20.8. The zero-order chi connectivity index (χ0) is 19.9. The molecule has 1 aliphatic heterocycles. The first-order valence-corrected chi connectivity index (χ1v) is 11.6. The Kier molecular flexibility index (Phi) is 5.50. The van der Waals surface area contributed by atoms with Gasteiger partial charge in [0.2, 0.25) is 5.91 Å². The molecule has 148 valence electrons. The van der Waals surface area contributed by atoms with Gasteiger partial charge in [-0.2, -0.15) is 4.68 Å². The fourth-order valence-electron chi connectivity index (χ4n) is 2.94. The summed E-state index contributed by atoms with van der Waals surface area (Å²) in [6, 6.07) is 0. The summed E-state index contributed by atoms with van der Waals surface area (Å²) in [6.45, 7) is 12.6. The summed E-state index contributed by atoms with van der Waals surface area (Å²) in [7, 11) is -1.13. The smallest absolute Gasteiger partial charge is 0.435 e. The highest BCUT2D eigenvalue weighted by Gasteiger charge is 2.42. The summed E-state index contributed by atoms with van der Waals surface area (Å²) in [5.41, 5.74) is 1.16. The lowest BCUT2D eigenvalue weighted by Gasteiger charge is -2.44. The fourth-order valence-corrected chi connectivity index (χ4v) is 4.21. The van der Waals surface area contributed by atoms with Gasteiger partial charge in [-0.25, -0.2) is 14.8 Å². The van der Waals surface area contributed by atoms with E-state index in [9.17, 15) is 9.59 Å². The van der Waals surface area contributed by atoms with E-state index in [0.29, 0.717) is 12.4 Å². The molecule has 8 heteroatoms.